The Balaban J connectivity index is 1.39. The Bertz CT molecular complexity index is 1670. The predicted molar refractivity (Wildman–Crippen MR) is 201 cm³/mol. The van der Waals surface area contributed by atoms with E-state index in [0.29, 0.717) is 13.0 Å². The van der Waals surface area contributed by atoms with E-state index in [-0.39, 0.29) is 51.9 Å². The minimum Gasteiger partial charge on any atom is -0.496 e. The molecule has 1 aromatic carbocycles. The fraction of sp³-hybridized carbons (Fsp3) is 0.727. The van der Waals surface area contributed by atoms with Crippen molar-refractivity contribution in [1.29, 1.82) is 0 Å². The Morgan fingerprint density at radius 1 is 0.811 bits per heavy atom. The molecule has 292 valence electrons. The Labute approximate surface area is 316 Å². The first-order chi connectivity index (χ1) is 24.8. The van der Waals surface area contributed by atoms with Gasteiger partial charge in [-0.2, -0.15) is 0 Å². The van der Waals surface area contributed by atoms with Gasteiger partial charge in [-0.25, -0.2) is 0 Å². The molecular weight excluding hydrogens is 670 g/mol. The van der Waals surface area contributed by atoms with Gasteiger partial charge < -0.3 is 24.3 Å². The van der Waals surface area contributed by atoms with Crippen molar-refractivity contribution in [3.8, 4) is 5.75 Å². The van der Waals surface area contributed by atoms with Crippen molar-refractivity contribution in [3.05, 3.63) is 41.5 Å². The maximum absolute atomic E-state index is 14.6. The molecule has 0 spiro atoms. The first-order valence-corrected chi connectivity index (χ1v) is 19.8. The van der Waals surface area contributed by atoms with Crippen LogP contribution in [0.5, 0.6) is 5.75 Å². The summed E-state index contributed by atoms with van der Waals surface area (Å²) in [6.45, 7) is 18.8. The number of nitrogens with one attached hydrogen (secondary N) is 1. The molecule has 0 bridgehead atoms. The van der Waals surface area contributed by atoms with Gasteiger partial charge in [0.2, 0.25) is 5.91 Å². The van der Waals surface area contributed by atoms with Gasteiger partial charge in [0.15, 0.2) is 0 Å². The predicted octanol–water partition coefficient (Wildman–Crippen LogP) is 8.13. The maximum Gasteiger partial charge on any atom is 0.303 e. The normalized spacial score (nSPS) is 39.7. The number of rotatable bonds is 8. The van der Waals surface area contributed by atoms with Crippen molar-refractivity contribution < 1.29 is 38.1 Å². The summed E-state index contributed by atoms with van der Waals surface area (Å²) in [6, 6.07) is 7.88. The number of carbonyl (C=O) groups is 4. The minimum absolute atomic E-state index is 0.0409. The van der Waals surface area contributed by atoms with Gasteiger partial charge in [-0.05, 0) is 103 Å². The van der Waals surface area contributed by atoms with E-state index < -0.39 is 40.9 Å². The molecule has 0 saturated heterocycles. The number of methoxy groups -OCH3 is 1. The lowest BCUT2D eigenvalue weighted by Crippen LogP contribution is -2.69. The molecule has 9 nitrogen and oxygen atoms in total. The largest absolute Gasteiger partial charge is 0.496 e. The lowest BCUT2D eigenvalue weighted by atomic mass is 9.33. The molecule has 1 N–H and O–H groups in total. The highest BCUT2D eigenvalue weighted by molar-refractivity contribution is 5.84. The van der Waals surface area contributed by atoms with E-state index in [4.69, 9.17) is 18.9 Å². The van der Waals surface area contributed by atoms with E-state index >= 15 is 0 Å². The molecule has 9 heteroatoms. The highest BCUT2D eigenvalue weighted by Gasteiger charge is 2.71. The molecule has 6 rings (SSSR count). The van der Waals surface area contributed by atoms with Gasteiger partial charge in [0.05, 0.1) is 12.5 Å². The summed E-state index contributed by atoms with van der Waals surface area (Å²) >= 11 is 0. The smallest absolute Gasteiger partial charge is 0.303 e. The van der Waals surface area contributed by atoms with Crippen molar-refractivity contribution >= 4 is 23.8 Å². The summed E-state index contributed by atoms with van der Waals surface area (Å²) in [5.74, 6) is 0.0679. The van der Waals surface area contributed by atoms with Crippen LogP contribution in [0, 0.1) is 50.2 Å². The number of hydrogen-bond donors (Lipinski definition) is 1. The average molecular weight is 734 g/mol. The van der Waals surface area contributed by atoms with Crippen molar-refractivity contribution in [1.82, 2.24) is 5.32 Å². The Morgan fingerprint density at radius 3 is 2.15 bits per heavy atom. The van der Waals surface area contributed by atoms with Crippen LogP contribution in [-0.4, -0.2) is 49.7 Å². The summed E-state index contributed by atoms with van der Waals surface area (Å²) in [4.78, 5) is 52.0. The van der Waals surface area contributed by atoms with Crippen LogP contribution in [0.2, 0.25) is 0 Å². The van der Waals surface area contributed by atoms with Gasteiger partial charge in [0.1, 0.15) is 24.6 Å². The number of hydrogen-bond acceptors (Lipinski definition) is 8. The third-order valence-electron chi connectivity index (χ3n) is 15.6. The third kappa shape index (κ3) is 6.39. The van der Waals surface area contributed by atoms with Gasteiger partial charge in [-0.1, -0.05) is 71.4 Å². The van der Waals surface area contributed by atoms with Crippen LogP contribution < -0.4 is 10.1 Å². The van der Waals surface area contributed by atoms with Gasteiger partial charge in [0.25, 0.3) is 0 Å². The van der Waals surface area contributed by atoms with E-state index in [9.17, 15) is 19.2 Å². The SMILES string of the molecule is COc1ccccc1CNC(=O)[C@]12CCC(C)(C)CC1C1=CCC3[C@@]4(C)C[C@@H](OC(C)=O)[C@H](OC(C)=O)[C@@](C)(COC(C)=O)C4CC[C@@]3(C)[C@]1(C)CC2. The zero-order valence-electron chi connectivity index (χ0n) is 33.8. The van der Waals surface area contributed by atoms with Crippen molar-refractivity contribution in [2.24, 2.45) is 50.2 Å². The highest BCUT2D eigenvalue weighted by atomic mass is 16.6. The number of benzene rings is 1. The molecule has 0 radical (unpaired) electrons. The molecule has 4 saturated carbocycles. The lowest BCUT2D eigenvalue weighted by molar-refractivity contribution is -0.255. The Morgan fingerprint density at radius 2 is 1.49 bits per heavy atom. The molecule has 3 unspecified atom stereocenters. The number of allylic oxidation sites excluding steroid dienone is 2. The van der Waals surface area contributed by atoms with Crippen LogP contribution in [0.4, 0.5) is 0 Å². The van der Waals surface area contributed by atoms with E-state index in [1.165, 1.54) is 26.3 Å². The van der Waals surface area contributed by atoms with E-state index in [2.05, 4.69) is 52.9 Å². The Kier molecular flexibility index (Phi) is 10.2. The highest BCUT2D eigenvalue weighted by Crippen LogP contribution is 2.76. The van der Waals surface area contributed by atoms with E-state index in [1.807, 2.05) is 24.3 Å². The van der Waals surface area contributed by atoms with Crippen LogP contribution >= 0.6 is 0 Å². The summed E-state index contributed by atoms with van der Waals surface area (Å²) in [6.07, 6.45) is 8.89. The maximum atomic E-state index is 14.6. The van der Waals surface area contributed by atoms with E-state index in [1.54, 1.807) is 7.11 Å². The fourth-order valence-electron chi connectivity index (χ4n) is 12.9. The molecular formula is C44H63NO8. The molecule has 0 heterocycles. The second-order valence-electron chi connectivity index (χ2n) is 19.0. The Hall–Kier alpha value is -3.36. The second kappa shape index (κ2) is 13.7. The van der Waals surface area contributed by atoms with Crippen LogP contribution in [-0.2, 0) is 39.9 Å². The van der Waals surface area contributed by atoms with Crippen LogP contribution in [0.3, 0.4) is 0 Å². The number of carbonyl (C=O) groups excluding carboxylic acids is 4. The summed E-state index contributed by atoms with van der Waals surface area (Å²) in [7, 11) is 1.67. The number of ether oxygens (including phenoxy) is 4. The quantitative estimate of drug-likeness (QED) is 0.162. The summed E-state index contributed by atoms with van der Waals surface area (Å²) < 4.78 is 23.4. The van der Waals surface area contributed by atoms with Crippen molar-refractivity contribution in [2.75, 3.05) is 13.7 Å². The third-order valence-corrected chi connectivity index (χ3v) is 15.6. The van der Waals surface area contributed by atoms with Gasteiger partial charge >= 0.3 is 17.9 Å². The number of esters is 3. The molecule has 53 heavy (non-hydrogen) atoms. The minimum atomic E-state index is -0.773. The molecule has 4 fully saturated rings. The summed E-state index contributed by atoms with van der Waals surface area (Å²) in [5.41, 5.74) is 0.715. The first-order valence-electron chi connectivity index (χ1n) is 19.8. The molecule has 0 aliphatic heterocycles. The molecule has 5 aliphatic carbocycles. The van der Waals surface area contributed by atoms with Gasteiger partial charge in [0, 0.05) is 38.3 Å². The van der Waals surface area contributed by atoms with Gasteiger partial charge in [-0.3, -0.25) is 19.2 Å². The molecule has 0 aromatic heterocycles. The van der Waals surface area contributed by atoms with Crippen LogP contribution in [0.1, 0.15) is 126 Å². The second-order valence-corrected chi connectivity index (χ2v) is 19.0. The number of fused-ring (bicyclic) bond motifs is 7. The monoisotopic (exact) mass is 733 g/mol. The van der Waals surface area contributed by atoms with Crippen molar-refractivity contribution in [2.45, 2.75) is 139 Å². The fourth-order valence-corrected chi connectivity index (χ4v) is 12.9. The zero-order chi connectivity index (χ0) is 38.8. The molecule has 1 aromatic rings. The summed E-state index contributed by atoms with van der Waals surface area (Å²) in [5, 5.41) is 3.39. The van der Waals surface area contributed by atoms with Crippen LogP contribution in [0.25, 0.3) is 0 Å². The van der Waals surface area contributed by atoms with Crippen LogP contribution in [0.15, 0.2) is 35.9 Å². The number of amides is 1. The standard InChI is InChI=1S/C44H63NO8/c1-27(46)51-26-41(7)35-17-18-43(9)36(40(35,6)24-34(52-28(2)47)37(41)53-29(3)48)16-15-31-32-23-39(4,5)19-21-44(32,22-20-42(31,43)8)38(49)45-25-30-13-11-12-14-33(30)50-10/h11-15,32,34-37H,16-26H2,1-10H3,(H,45,49)/t32?,34-,35?,36?,37+,40+,41+,42-,43-,44+/m1/s1. The average Bonchev–Trinajstić information content (AvgIpc) is 3.07. The molecule has 10 atom stereocenters. The topological polar surface area (TPSA) is 117 Å². The zero-order valence-corrected chi connectivity index (χ0v) is 33.8. The molecule has 1 amide bonds. The number of para-hydroxylation sites is 1. The molecule has 5 aliphatic rings. The first kappa shape index (κ1) is 39.3. The van der Waals surface area contributed by atoms with Gasteiger partial charge in [-0.15, -0.1) is 0 Å². The van der Waals surface area contributed by atoms with E-state index in [0.717, 1.165) is 62.7 Å². The van der Waals surface area contributed by atoms with Crippen molar-refractivity contribution in [3.63, 3.8) is 0 Å². The lowest BCUT2D eigenvalue weighted by Gasteiger charge is -2.71.